The maximum atomic E-state index is 12.4. The first-order valence-corrected chi connectivity index (χ1v) is 7.29. The summed E-state index contributed by atoms with van der Waals surface area (Å²) in [6.45, 7) is 3.24. The van der Waals surface area contributed by atoms with Crippen LogP contribution in [0, 0.1) is 17.2 Å². The van der Waals surface area contributed by atoms with Gasteiger partial charge in [0.2, 0.25) is 0 Å². The highest BCUT2D eigenvalue weighted by atomic mass is 16.1. The van der Waals surface area contributed by atoms with E-state index in [1.165, 1.54) is 6.42 Å². The van der Waals surface area contributed by atoms with Crippen molar-refractivity contribution in [3.8, 4) is 6.07 Å². The summed E-state index contributed by atoms with van der Waals surface area (Å²) in [4.78, 5) is 14.8. The second-order valence-corrected chi connectivity index (χ2v) is 5.93. The Morgan fingerprint density at radius 2 is 2.14 bits per heavy atom. The molecular weight excluding hydrogens is 264 g/mol. The van der Waals surface area contributed by atoms with Gasteiger partial charge in [0.25, 0.3) is 5.91 Å². The molecule has 4 heterocycles. The number of nitrogens with zero attached hydrogens (tertiary/aromatic N) is 3. The highest BCUT2D eigenvalue weighted by Crippen LogP contribution is 2.27. The summed E-state index contributed by atoms with van der Waals surface area (Å²) in [6, 6.07) is 9.74. The number of hydrogen-bond acceptors (Lipinski definition) is 3. The van der Waals surface area contributed by atoms with E-state index in [9.17, 15) is 4.79 Å². The van der Waals surface area contributed by atoms with Crippen LogP contribution in [-0.4, -0.2) is 40.9 Å². The van der Waals surface area contributed by atoms with Crippen molar-refractivity contribution >= 4 is 11.4 Å². The number of nitrogens with one attached hydrogen (secondary N) is 1. The lowest BCUT2D eigenvalue weighted by molar-refractivity contribution is 0.0924. The largest absolute Gasteiger partial charge is 0.348 e. The Balaban J connectivity index is 1.58. The maximum absolute atomic E-state index is 12.4. The number of pyridine rings is 1. The van der Waals surface area contributed by atoms with Gasteiger partial charge in [0.15, 0.2) is 0 Å². The third kappa shape index (κ3) is 1.99. The predicted molar refractivity (Wildman–Crippen MR) is 77.9 cm³/mol. The van der Waals surface area contributed by atoms with Gasteiger partial charge in [-0.15, -0.1) is 0 Å². The van der Waals surface area contributed by atoms with Gasteiger partial charge in [-0.05, 0) is 43.1 Å². The first-order valence-electron chi connectivity index (χ1n) is 7.29. The fraction of sp³-hybridized carbons (Fsp3) is 0.375. The minimum atomic E-state index is -0.0479. The van der Waals surface area contributed by atoms with Crippen LogP contribution in [0.25, 0.3) is 5.52 Å². The normalized spacial score (nSPS) is 26.9. The Bertz CT molecular complexity index is 757. The van der Waals surface area contributed by atoms with Crippen LogP contribution in [0.4, 0.5) is 0 Å². The summed E-state index contributed by atoms with van der Waals surface area (Å²) in [5, 5.41) is 12.2. The van der Waals surface area contributed by atoms with Crippen molar-refractivity contribution < 1.29 is 4.79 Å². The molecule has 2 saturated heterocycles. The number of aromatic nitrogens is 1. The van der Waals surface area contributed by atoms with E-state index in [2.05, 4.69) is 16.3 Å². The molecule has 5 nitrogen and oxygen atoms in total. The van der Waals surface area contributed by atoms with Gasteiger partial charge in [0.05, 0.1) is 5.56 Å². The van der Waals surface area contributed by atoms with Crippen LogP contribution in [0.3, 0.4) is 0 Å². The molecule has 4 rings (SSSR count). The molecule has 2 bridgehead atoms. The number of carbonyl (C=O) groups excluding carboxylic acids is 1. The molecule has 0 saturated carbocycles. The standard InChI is InChI=1S/C16H16N4O/c17-7-14-4-3-13-2-1-12(9-20(13)14)16(21)18-15-10-19-6-5-11(15)8-19/h1-4,9,11,15H,5-6,8,10H2,(H,18,21). The van der Waals surface area contributed by atoms with Gasteiger partial charge in [0, 0.05) is 30.8 Å². The lowest BCUT2D eigenvalue weighted by atomic mass is 10.00. The Hall–Kier alpha value is -2.32. The van der Waals surface area contributed by atoms with Crippen molar-refractivity contribution in [1.82, 2.24) is 14.6 Å². The first kappa shape index (κ1) is 12.4. The maximum Gasteiger partial charge on any atom is 0.253 e. The lowest BCUT2D eigenvalue weighted by Gasteiger charge is -2.23. The fourth-order valence-electron chi connectivity index (χ4n) is 3.53. The van der Waals surface area contributed by atoms with Crippen LogP contribution in [0.2, 0.25) is 0 Å². The number of fused-ring (bicyclic) bond motifs is 3. The lowest BCUT2D eigenvalue weighted by Crippen LogP contribution is -2.43. The van der Waals surface area contributed by atoms with Gasteiger partial charge in [-0.2, -0.15) is 5.26 Å². The molecule has 0 spiro atoms. The summed E-state index contributed by atoms with van der Waals surface area (Å²) in [5.41, 5.74) is 2.08. The summed E-state index contributed by atoms with van der Waals surface area (Å²) in [6.07, 6.45) is 2.93. The number of hydrogen-bond donors (Lipinski definition) is 1. The van der Waals surface area contributed by atoms with Crippen molar-refractivity contribution in [3.05, 3.63) is 41.7 Å². The molecule has 0 radical (unpaired) electrons. The van der Waals surface area contributed by atoms with Crippen LogP contribution < -0.4 is 5.32 Å². The van der Waals surface area contributed by atoms with Crippen molar-refractivity contribution in [1.29, 1.82) is 5.26 Å². The molecular formula is C16H16N4O. The van der Waals surface area contributed by atoms with E-state index in [1.54, 1.807) is 16.7 Å². The number of carbonyl (C=O) groups is 1. The van der Waals surface area contributed by atoms with Gasteiger partial charge >= 0.3 is 0 Å². The molecule has 2 aromatic heterocycles. The number of rotatable bonds is 2. The van der Waals surface area contributed by atoms with Crippen LogP contribution in [0.1, 0.15) is 22.5 Å². The van der Waals surface area contributed by atoms with Crippen LogP contribution in [-0.2, 0) is 0 Å². The highest BCUT2D eigenvalue weighted by Gasteiger charge is 2.38. The minimum Gasteiger partial charge on any atom is -0.348 e. The highest BCUT2D eigenvalue weighted by molar-refractivity contribution is 5.94. The van der Waals surface area contributed by atoms with E-state index < -0.39 is 0 Å². The molecule has 5 heteroatoms. The van der Waals surface area contributed by atoms with E-state index in [4.69, 9.17) is 5.26 Å². The Morgan fingerprint density at radius 3 is 2.86 bits per heavy atom. The second-order valence-electron chi connectivity index (χ2n) is 5.93. The van der Waals surface area contributed by atoms with E-state index in [1.807, 2.05) is 18.2 Å². The predicted octanol–water partition coefficient (Wildman–Crippen LogP) is 1.24. The molecule has 21 heavy (non-hydrogen) atoms. The molecule has 3 unspecified atom stereocenters. The molecule has 3 atom stereocenters. The number of piperidine rings is 1. The van der Waals surface area contributed by atoms with Crippen LogP contribution in [0.5, 0.6) is 0 Å². The fourth-order valence-corrected chi connectivity index (χ4v) is 3.53. The zero-order chi connectivity index (χ0) is 14.4. The summed E-state index contributed by atoms with van der Waals surface area (Å²) in [5.74, 6) is 0.548. The zero-order valence-electron chi connectivity index (χ0n) is 11.6. The van der Waals surface area contributed by atoms with Crippen LogP contribution >= 0.6 is 0 Å². The van der Waals surface area contributed by atoms with E-state index in [0.29, 0.717) is 17.2 Å². The Morgan fingerprint density at radius 1 is 1.29 bits per heavy atom. The third-order valence-corrected chi connectivity index (χ3v) is 4.68. The van der Waals surface area contributed by atoms with Gasteiger partial charge in [-0.25, -0.2) is 0 Å². The summed E-state index contributed by atoms with van der Waals surface area (Å²) < 4.78 is 1.76. The van der Waals surface area contributed by atoms with Gasteiger partial charge < -0.3 is 14.6 Å². The third-order valence-electron chi connectivity index (χ3n) is 4.68. The Labute approximate surface area is 122 Å². The molecule has 0 aliphatic carbocycles. The van der Waals surface area contributed by atoms with E-state index in [0.717, 1.165) is 25.2 Å². The molecule has 2 aliphatic rings. The molecule has 2 fully saturated rings. The smallest absolute Gasteiger partial charge is 0.253 e. The second kappa shape index (κ2) is 4.61. The van der Waals surface area contributed by atoms with Crippen molar-refractivity contribution in [3.63, 3.8) is 0 Å². The average Bonchev–Trinajstić information content (AvgIpc) is 3.21. The molecule has 1 N–H and O–H groups in total. The molecule has 2 aromatic rings. The van der Waals surface area contributed by atoms with Crippen molar-refractivity contribution in [2.45, 2.75) is 12.5 Å². The summed E-state index contributed by atoms with van der Waals surface area (Å²) >= 11 is 0. The molecule has 0 aromatic carbocycles. The van der Waals surface area contributed by atoms with Gasteiger partial charge in [-0.3, -0.25) is 4.79 Å². The van der Waals surface area contributed by atoms with E-state index in [-0.39, 0.29) is 11.9 Å². The average molecular weight is 280 g/mol. The number of nitriles is 1. The van der Waals surface area contributed by atoms with Crippen molar-refractivity contribution in [2.75, 3.05) is 19.6 Å². The zero-order valence-corrected chi connectivity index (χ0v) is 11.6. The molecule has 2 aliphatic heterocycles. The summed E-state index contributed by atoms with van der Waals surface area (Å²) in [7, 11) is 0. The topological polar surface area (TPSA) is 60.5 Å². The molecule has 1 amide bonds. The SMILES string of the molecule is N#Cc1ccc2ccc(C(=O)NC3CN4CCC3C4)cn12. The first-order chi connectivity index (χ1) is 10.2. The monoisotopic (exact) mass is 280 g/mol. The van der Waals surface area contributed by atoms with Crippen LogP contribution in [0.15, 0.2) is 30.5 Å². The van der Waals surface area contributed by atoms with Gasteiger partial charge in [0.1, 0.15) is 11.8 Å². The molecule has 106 valence electrons. The quantitative estimate of drug-likeness (QED) is 0.900. The van der Waals surface area contributed by atoms with Gasteiger partial charge in [-0.1, -0.05) is 0 Å². The Kier molecular flexibility index (Phi) is 2.72. The minimum absolute atomic E-state index is 0.0479. The van der Waals surface area contributed by atoms with Crippen molar-refractivity contribution in [2.24, 2.45) is 5.92 Å². The number of amides is 1. The van der Waals surface area contributed by atoms with E-state index >= 15 is 0 Å².